The van der Waals surface area contributed by atoms with Crippen LogP contribution in [0.25, 0.3) is 0 Å². The number of hydrogen-bond donors (Lipinski definition) is 1. The lowest BCUT2D eigenvalue weighted by molar-refractivity contribution is -0.123. The van der Waals surface area contributed by atoms with Crippen LogP contribution in [0.1, 0.15) is 21.5 Å². The molecule has 0 aliphatic rings. The molecule has 6 nitrogen and oxygen atoms in total. The molecule has 0 aromatic heterocycles. The summed E-state index contributed by atoms with van der Waals surface area (Å²) in [5.74, 6) is 0.0762. The van der Waals surface area contributed by atoms with Gasteiger partial charge in [0, 0.05) is 5.02 Å². The first kappa shape index (κ1) is 21.1. The van der Waals surface area contributed by atoms with E-state index in [-0.39, 0.29) is 6.61 Å². The van der Waals surface area contributed by atoms with E-state index in [4.69, 9.17) is 21.1 Å². The van der Waals surface area contributed by atoms with E-state index in [1.54, 1.807) is 60.7 Å². The molecule has 0 aliphatic carbocycles. The molecule has 0 aliphatic heterocycles. The highest BCUT2D eigenvalue weighted by Crippen LogP contribution is 2.17. The lowest BCUT2D eigenvalue weighted by Gasteiger charge is -2.05. The quantitative estimate of drug-likeness (QED) is 0.265. The van der Waals surface area contributed by atoms with Gasteiger partial charge >= 0.3 is 5.97 Å². The molecule has 7 heteroatoms. The normalized spacial score (nSPS) is 10.6. The Hall–Kier alpha value is -3.64. The first-order chi connectivity index (χ1) is 14.5. The maximum Gasteiger partial charge on any atom is 0.343 e. The van der Waals surface area contributed by atoms with Crippen molar-refractivity contribution in [3.63, 3.8) is 0 Å². The van der Waals surface area contributed by atoms with Crippen LogP contribution in [0.15, 0.2) is 77.9 Å². The Morgan fingerprint density at radius 3 is 2.43 bits per heavy atom. The van der Waals surface area contributed by atoms with E-state index < -0.39 is 11.9 Å². The van der Waals surface area contributed by atoms with E-state index in [0.29, 0.717) is 22.1 Å². The first-order valence-corrected chi connectivity index (χ1v) is 9.46. The molecule has 0 radical (unpaired) electrons. The summed E-state index contributed by atoms with van der Waals surface area (Å²) in [6.07, 6.45) is 1.48. The standard InChI is InChI=1S/C23H19ClN2O4/c1-16-5-9-18(10-6-16)23(28)30-20-11-7-17(8-12-20)14-25-26-22(27)15-29-21-4-2-3-19(24)13-21/h2-14H,15H2,1H3,(H,26,27). The van der Waals surface area contributed by atoms with Crippen LogP contribution in [0, 0.1) is 6.92 Å². The molecule has 30 heavy (non-hydrogen) atoms. The van der Waals surface area contributed by atoms with Crippen molar-refractivity contribution in [2.45, 2.75) is 6.92 Å². The summed E-state index contributed by atoms with van der Waals surface area (Å²) < 4.78 is 10.7. The fourth-order valence-electron chi connectivity index (χ4n) is 2.39. The van der Waals surface area contributed by atoms with E-state index in [1.807, 2.05) is 19.1 Å². The fraction of sp³-hybridized carbons (Fsp3) is 0.0870. The van der Waals surface area contributed by atoms with Gasteiger partial charge in [0.05, 0.1) is 11.8 Å². The Morgan fingerprint density at radius 1 is 1.00 bits per heavy atom. The predicted octanol–water partition coefficient (Wildman–Crippen LogP) is 4.40. The topological polar surface area (TPSA) is 77.0 Å². The Labute approximate surface area is 179 Å². The van der Waals surface area contributed by atoms with Crippen LogP contribution in [0.4, 0.5) is 0 Å². The fourth-order valence-corrected chi connectivity index (χ4v) is 2.57. The second kappa shape index (κ2) is 10.2. The monoisotopic (exact) mass is 422 g/mol. The molecule has 0 fully saturated rings. The summed E-state index contributed by atoms with van der Waals surface area (Å²) >= 11 is 5.86. The van der Waals surface area contributed by atoms with Crippen molar-refractivity contribution in [3.8, 4) is 11.5 Å². The van der Waals surface area contributed by atoms with Gasteiger partial charge in [-0.15, -0.1) is 0 Å². The molecule has 1 N–H and O–H groups in total. The molecule has 152 valence electrons. The summed E-state index contributed by atoms with van der Waals surface area (Å²) in [6, 6.07) is 20.6. The number of hydrogen-bond acceptors (Lipinski definition) is 5. The van der Waals surface area contributed by atoms with Crippen LogP contribution >= 0.6 is 11.6 Å². The Balaban J connectivity index is 1.46. The molecule has 3 aromatic rings. The molecule has 0 heterocycles. The Bertz CT molecular complexity index is 1050. The summed E-state index contributed by atoms with van der Waals surface area (Å²) in [5, 5.41) is 4.41. The van der Waals surface area contributed by atoms with Crippen molar-refractivity contribution < 1.29 is 19.1 Å². The minimum absolute atomic E-state index is 0.189. The van der Waals surface area contributed by atoms with Gasteiger partial charge < -0.3 is 9.47 Å². The van der Waals surface area contributed by atoms with Crippen molar-refractivity contribution in [3.05, 3.63) is 94.5 Å². The van der Waals surface area contributed by atoms with Crippen molar-refractivity contribution >= 4 is 29.7 Å². The van der Waals surface area contributed by atoms with Crippen LogP contribution in [-0.4, -0.2) is 24.7 Å². The number of rotatable bonds is 7. The average molecular weight is 423 g/mol. The molecule has 3 aromatic carbocycles. The summed E-state index contributed by atoms with van der Waals surface area (Å²) in [4.78, 5) is 23.9. The van der Waals surface area contributed by atoms with Gasteiger partial charge in [-0.1, -0.05) is 35.4 Å². The number of nitrogens with one attached hydrogen (secondary N) is 1. The minimum atomic E-state index is -0.427. The van der Waals surface area contributed by atoms with Crippen molar-refractivity contribution in [2.75, 3.05) is 6.61 Å². The van der Waals surface area contributed by atoms with Gasteiger partial charge in [0.2, 0.25) is 0 Å². The molecule has 1 amide bonds. The Morgan fingerprint density at radius 2 is 1.73 bits per heavy atom. The second-order valence-corrected chi connectivity index (χ2v) is 6.80. The summed E-state index contributed by atoms with van der Waals surface area (Å²) in [5.41, 5.74) is 4.65. The molecule has 3 rings (SSSR count). The number of aryl methyl sites for hydroxylation is 1. The van der Waals surface area contributed by atoms with E-state index in [9.17, 15) is 9.59 Å². The number of halogens is 1. The van der Waals surface area contributed by atoms with Gasteiger partial charge in [-0.3, -0.25) is 4.79 Å². The number of hydrazone groups is 1. The summed E-state index contributed by atoms with van der Waals surface area (Å²) in [6.45, 7) is 1.76. The molecule has 0 saturated heterocycles. The predicted molar refractivity (Wildman–Crippen MR) is 115 cm³/mol. The number of ether oxygens (including phenoxy) is 2. The zero-order valence-electron chi connectivity index (χ0n) is 16.2. The number of carbonyl (C=O) groups excluding carboxylic acids is 2. The molecule has 0 atom stereocenters. The maximum absolute atomic E-state index is 12.1. The maximum atomic E-state index is 12.1. The third kappa shape index (κ3) is 6.46. The van der Waals surface area contributed by atoms with Gasteiger partial charge in [0.25, 0.3) is 5.91 Å². The van der Waals surface area contributed by atoms with E-state index in [0.717, 1.165) is 11.1 Å². The molecule has 0 bridgehead atoms. The lowest BCUT2D eigenvalue weighted by Crippen LogP contribution is -2.24. The van der Waals surface area contributed by atoms with Crippen LogP contribution < -0.4 is 14.9 Å². The summed E-state index contributed by atoms with van der Waals surface area (Å²) in [7, 11) is 0. The van der Waals surface area contributed by atoms with Crippen LogP contribution in [0.5, 0.6) is 11.5 Å². The average Bonchev–Trinajstić information content (AvgIpc) is 2.74. The van der Waals surface area contributed by atoms with Crippen LogP contribution in [0.3, 0.4) is 0 Å². The van der Waals surface area contributed by atoms with Gasteiger partial charge in [0.15, 0.2) is 6.61 Å². The first-order valence-electron chi connectivity index (χ1n) is 9.09. The van der Waals surface area contributed by atoms with E-state index in [2.05, 4.69) is 10.5 Å². The van der Waals surface area contributed by atoms with Gasteiger partial charge in [-0.05, 0) is 67.1 Å². The van der Waals surface area contributed by atoms with Crippen LogP contribution in [-0.2, 0) is 4.79 Å². The SMILES string of the molecule is Cc1ccc(C(=O)Oc2ccc(C=NNC(=O)COc3cccc(Cl)c3)cc2)cc1. The van der Waals surface area contributed by atoms with Crippen molar-refractivity contribution in [1.82, 2.24) is 5.43 Å². The minimum Gasteiger partial charge on any atom is -0.484 e. The van der Waals surface area contributed by atoms with E-state index in [1.165, 1.54) is 6.21 Å². The number of carbonyl (C=O) groups is 2. The van der Waals surface area contributed by atoms with Gasteiger partial charge in [0.1, 0.15) is 11.5 Å². The third-order valence-corrected chi connectivity index (χ3v) is 4.18. The number of benzene rings is 3. The van der Waals surface area contributed by atoms with E-state index >= 15 is 0 Å². The molecule has 0 unspecified atom stereocenters. The van der Waals surface area contributed by atoms with Gasteiger partial charge in [-0.2, -0.15) is 5.10 Å². The molecular formula is C23H19ClN2O4. The second-order valence-electron chi connectivity index (χ2n) is 6.36. The van der Waals surface area contributed by atoms with Gasteiger partial charge in [-0.25, -0.2) is 10.2 Å². The highest BCUT2D eigenvalue weighted by molar-refractivity contribution is 6.30. The smallest absolute Gasteiger partial charge is 0.343 e. The molecular weight excluding hydrogens is 404 g/mol. The number of esters is 1. The third-order valence-electron chi connectivity index (χ3n) is 3.95. The molecule has 0 spiro atoms. The Kier molecular flexibility index (Phi) is 7.19. The van der Waals surface area contributed by atoms with Crippen molar-refractivity contribution in [2.24, 2.45) is 5.10 Å². The highest BCUT2D eigenvalue weighted by atomic mass is 35.5. The number of nitrogens with zero attached hydrogens (tertiary/aromatic N) is 1. The molecule has 0 saturated carbocycles. The van der Waals surface area contributed by atoms with Crippen LogP contribution in [0.2, 0.25) is 5.02 Å². The lowest BCUT2D eigenvalue weighted by atomic mass is 10.1. The zero-order chi connectivity index (χ0) is 21.3. The zero-order valence-corrected chi connectivity index (χ0v) is 16.9. The largest absolute Gasteiger partial charge is 0.484 e. The van der Waals surface area contributed by atoms with Crippen molar-refractivity contribution in [1.29, 1.82) is 0 Å². The highest BCUT2D eigenvalue weighted by Gasteiger charge is 2.08. The number of amides is 1.